The Morgan fingerprint density at radius 1 is 1.16 bits per heavy atom. The number of pyridine rings is 1. The minimum atomic E-state index is -2.61. The molecule has 3 aliphatic carbocycles. The van der Waals surface area contributed by atoms with Crippen molar-refractivity contribution in [2.45, 2.75) is 24.9 Å². The van der Waals surface area contributed by atoms with Crippen LogP contribution in [0.4, 0.5) is 5.69 Å². The van der Waals surface area contributed by atoms with Crippen molar-refractivity contribution in [1.82, 2.24) is 4.98 Å². The van der Waals surface area contributed by atoms with E-state index in [0.29, 0.717) is 16.9 Å². The van der Waals surface area contributed by atoms with Gasteiger partial charge >= 0.3 is 0 Å². The summed E-state index contributed by atoms with van der Waals surface area (Å²) in [4.78, 5) is 44.7. The molecule has 3 aliphatic rings. The van der Waals surface area contributed by atoms with Crippen LogP contribution in [0.3, 0.4) is 0 Å². The minimum Gasteiger partial charge on any atom is -0.511 e. The average molecular weight is 516 g/mol. The number of benzene rings is 1. The fraction of sp³-hybridized carbons (Fsp3) is 0.286. The third kappa shape index (κ3) is 3.55. The number of nitrogens with two attached hydrogens (primary N) is 1. The topological polar surface area (TPSA) is 174 Å². The molecule has 0 bridgehead atoms. The maximum atomic E-state index is 13.9. The average Bonchev–Trinajstić information content (AvgIpc) is 2.86. The molecule has 38 heavy (non-hydrogen) atoms. The lowest BCUT2D eigenvalue weighted by Gasteiger charge is -2.45. The maximum absolute atomic E-state index is 13.9. The second-order valence-electron chi connectivity index (χ2n) is 9.92. The first kappa shape index (κ1) is 25.0. The number of primary amides is 1. The Morgan fingerprint density at radius 3 is 2.53 bits per heavy atom. The summed E-state index contributed by atoms with van der Waals surface area (Å²) in [5.41, 5.74) is 3.32. The van der Waals surface area contributed by atoms with Crippen molar-refractivity contribution in [3.63, 3.8) is 0 Å². The highest BCUT2D eigenvalue weighted by Crippen LogP contribution is 2.52. The van der Waals surface area contributed by atoms with Gasteiger partial charge in [-0.3, -0.25) is 14.4 Å². The molecule has 10 nitrogen and oxygen atoms in total. The van der Waals surface area contributed by atoms with Crippen LogP contribution in [0.1, 0.15) is 40.0 Å². The van der Waals surface area contributed by atoms with E-state index in [1.54, 1.807) is 49.5 Å². The van der Waals surface area contributed by atoms with E-state index in [1.165, 1.54) is 0 Å². The molecule has 6 N–H and O–H groups in total. The Morgan fingerprint density at radius 2 is 1.89 bits per heavy atom. The number of hydrogen-bond acceptors (Lipinski definition) is 9. The van der Waals surface area contributed by atoms with Gasteiger partial charge in [0, 0.05) is 43.9 Å². The number of nitrogens with zero attached hydrogens (tertiary/aromatic N) is 2. The summed E-state index contributed by atoms with van der Waals surface area (Å²) in [6.07, 6.45) is 1.58. The molecule has 1 amide bonds. The normalized spacial score (nSPS) is 24.2. The number of hydrogen-bond donors (Lipinski definition) is 5. The molecule has 10 heteroatoms. The smallest absolute Gasteiger partial charge is 0.255 e. The number of rotatable bonds is 2. The lowest BCUT2D eigenvalue weighted by atomic mass is 9.60. The molecule has 0 fully saturated rings. The van der Waals surface area contributed by atoms with Crippen molar-refractivity contribution in [3.05, 3.63) is 75.5 Å². The number of aromatic nitrogens is 1. The number of anilines is 1. The van der Waals surface area contributed by atoms with Gasteiger partial charge in [-0.2, -0.15) is 0 Å². The monoisotopic (exact) mass is 515 g/mol. The SMILES string of the molecule is CN(C)c1cc(C#Cc2ccccn2)c(O)c2c1C[C@H]1C[C@H]3CC(O)=C(C(N)=O)C(=O)[C@@]3(O)C(O)=C1C2=O. The first-order chi connectivity index (χ1) is 18.0. The van der Waals surface area contributed by atoms with Gasteiger partial charge in [0.15, 0.2) is 11.4 Å². The van der Waals surface area contributed by atoms with Crippen LogP contribution in [0.2, 0.25) is 0 Å². The zero-order valence-corrected chi connectivity index (χ0v) is 20.6. The van der Waals surface area contributed by atoms with E-state index in [1.807, 2.05) is 0 Å². The zero-order valence-electron chi connectivity index (χ0n) is 20.6. The largest absolute Gasteiger partial charge is 0.511 e. The van der Waals surface area contributed by atoms with Gasteiger partial charge in [-0.25, -0.2) is 4.98 Å². The predicted molar refractivity (Wildman–Crippen MR) is 135 cm³/mol. The lowest BCUT2D eigenvalue weighted by Crippen LogP contribution is -2.57. The second-order valence-corrected chi connectivity index (χ2v) is 9.92. The number of ketones is 2. The van der Waals surface area contributed by atoms with Crippen LogP contribution in [0.25, 0.3) is 0 Å². The van der Waals surface area contributed by atoms with Gasteiger partial charge < -0.3 is 31.1 Å². The molecule has 1 heterocycles. The number of allylic oxidation sites excluding steroid dienone is 2. The van der Waals surface area contributed by atoms with E-state index in [0.717, 1.165) is 0 Å². The Balaban J connectivity index is 1.68. The Labute approximate surface area is 217 Å². The fourth-order valence-corrected chi connectivity index (χ4v) is 5.73. The highest BCUT2D eigenvalue weighted by Gasteiger charge is 2.59. The molecule has 0 radical (unpaired) electrons. The van der Waals surface area contributed by atoms with E-state index in [4.69, 9.17) is 5.73 Å². The third-order valence-corrected chi connectivity index (χ3v) is 7.51. The van der Waals surface area contributed by atoms with Gasteiger partial charge in [0.25, 0.3) is 5.91 Å². The molecule has 0 unspecified atom stereocenters. The summed E-state index contributed by atoms with van der Waals surface area (Å²) in [5, 5.41) is 44.1. The van der Waals surface area contributed by atoms with Gasteiger partial charge in [-0.1, -0.05) is 12.0 Å². The Bertz CT molecular complexity index is 1550. The number of amides is 1. The number of carbonyl (C=O) groups is 3. The van der Waals surface area contributed by atoms with E-state index >= 15 is 0 Å². The summed E-state index contributed by atoms with van der Waals surface area (Å²) in [6.45, 7) is 0. The van der Waals surface area contributed by atoms with Gasteiger partial charge in [0.05, 0.1) is 11.1 Å². The van der Waals surface area contributed by atoms with Crippen LogP contribution in [0.15, 0.2) is 53.1 Å². The number of aromatic hydroxyl groups is 1. The van der Waals surface area contributed by atoms with Gasteiger partial charge in [-0.05, 0) is 48.4 Å². The third-order valence-electron chi connectivity index (χ3n) is 7.51. The zero-order chi connectivity index (χ0) is 27.5. The predicted octanol–water partition coefficient (Wildman–Crippen LogP) is 1.44. The van der Waals surface area contributed by atoms with Crippen LogP contribution in [-0.2, 0) is 16.0 Å². The fourth-order valence-electron chi connectivity index (χ4n) is 5.73. The van der Waals surface area contributed by atoms with Crippen molar-refractivity contribution in [3.8, 4) is 17.6 Å². The highest BCUT2D eigenvalue weighted by atomic mass is 16.3. The Kier molecular flexibility index (Phi) is 5.76. The van der Waals surface area contributed by atoms with E-state index < -0.39 is 57.8 Å². The summed E-state index contributed by atoms with van der Waals surface area (Å²) >= 11 is 0. The number of carbonyl (C=O) groups excluding carboxylic acids is 3. The first-order valence-corrected chi connectivity index (χ1v) is 11.9. The molecule has 2 aromatic rings. The van der Waals surface area contributed by atoms with Crippen LogP contribution in [0.5, 0.6) is 5.75 Å². The standard InChI is InChI=1S/C28H25N3O7/c1-31(2)18-11-13(6-7-16-5-3-4-8-30-16)23(33)21-17(18)10-14-9-15-12-19(32)22(27(29)37)26(36)28(15,38)25(35)20(14)24(21)34/h3-5,8,11,14-15,32-33,35,38H,9-10,12H2,1-2H3,(H2,29,37)/t14-,15+,28+/m1/s1. The van der Waals surface area contributed by atoms with Gasteiger partial charge in [0.2, 0.25) is 5.78 Å². The number of fused-ring (bicyclic) bond motifs is 3. The van der Waals surface area contributed by atoms with Crippen molar-refractivity contribution in [2.24, 2.45) is 17.6 Å². The lowest BCUT2D eigenvalue weighted by molar-refractivity contribution is -0.144. The summed E-state index contributed by atoms with van der Waals surface area (Å²) < 4.78 is 0. The molecule has 0 aliphatic heterocycles. The second kappa shape index (κ2) is 8.75. The quantitative estimate of drug-likeness (QED) is 0.293. The van der Waals surface area contributed by atoms with Crippen LogP contribution < -0.4 is 10.6 Å². The van der Waals surface area contributed by atoms with Crippen LogP contribution in [-0.4, -0.2) is 62.6 Å². The molecule has 3 atom stereocenters. The van der Waals surface area contributed by atoms with Crippen molar-refractivity contribution in [2.75, 3.05) is 19.0 Å². The molecule has 0 spiro atoms. The number of aliphatic hydroxyl groups excluding tert-OH is 2. The molecular weight excluding hydrogens is 490 g/mol. The van der Waals surface area contributed by atoms with Crippen molar-refractivity contribution < 1.29 is 34.8 Å². The minimum absolute atomic E-state index is 0.0672. The molecule has 1 aromatic carbocycles. The molecule has 0 saturated carbocycles. The van der Waals surface area contributed by atoms with Gasteiger partial charge in [-0.15, -0.1) is 0 Å². The number of aliphatic hydroxyl groups is 3. The summed E-state index contributed by atoms with van der Waals surface area (Å²) in [6, 6.07) is 6.87. The van der Waals surface area contributed by atoms with E-state index in [-0.39, 0.29) is 36.0 Å². The molecular formula is C28H25N3O7. The van der Waals surface area contributed by atoms with E-state index in [2.05, 4.69) is 16.8 Å². The maximum Gasteiger partial charge on any atom is 0.255 e. The highest BCUT2D eigenvalue weighted by molar-refractivity contribution is 6.24. The molecule has 194 valence electrons. The first-order valence-electron chi connectivity index (χ1n) is 11.9. The summed E-state index contributed by atoms with van der Waals surface area (Å²) in [5.74, 6) is -0.983. The van der Waals surface area contributed by atoms with Crippen LogP contribution >= 0.6 is 0 Å². The molecule has 1 aromatic heterocycles. The van der Waals surface area contributed by atoms with Crippen molar-refractivity contribution in [1.29, 1.82) is 0 Å². The van der Waals surface area contributed by atoms with Crippen molar-refractivity contribution >= 4 is 23.2 Å². The number of phenolic OH excluding ortho intramolecular Hbond substituents is 1. The van der Waals surface area contributed by atoms with Crippen LogP contribution in [0, 0.1) is 23.7 Å². The molecule has 0 saturated heterocycles. The summed E-state index contributed by atoms with van der Waals surface area (Å²) in [7, 11) is 3.56. The Hall–Kier alpha value is -4.62. The number of Topliss-reactive ketones (excluding diaryl/α,β-unsaturated/α-hetero) is 2. The molecule has 5 rings (SSSR count). The van der Waals surface area contributed by atoms with Gasteiger partial charge in [0.1, 0.15) is 28.5 Å². The van der Waals surface area contributed by atoms with E-state index in [9.17, 15) is 34.8 Å². The number of phenols is 1.